The van der Waals surface area contributed by atoms with Crippen molar-refractivity contribution in [2.45, 2.75) is 26.2 Å². The molecule has 25 heavy (non-hydrogen) atoms. The SMILES string of the molecule is CCCCC(=O)Nc1ccc(Oc2ccc(-n3cccc3)nn2)cc1. The van der Waals surface area contributed by atoms with E-state index in [9.17, 15) is 4.79 Å². The second-order valence-electron chi connectivity index (χ2n) is 5.60. The normalized spacial score (nSPS) is 10.4. The van der Waals surface area contributed by atoms with Gasteiger partial charge in [0, 0.05) is 30.6 Å². The van der Waals surface area contributed by atoms with Gasteiger partial charge in [-0.1, -0.05) is 13.3 Å². The third-order valence-electron chi connectivity index (χ3n) is 3.61. The Morgan fingerprint density at radius 2 is 1.84 bits per heavy atom. The maximum Gasteiger partial charge on any atom is 0.238 e. The fourth-order valence-corrected chi connectivity index (χ4v) is 2.28. The molecule has 0 aliphatic rings. The van der Waals surface area contributed by atoms with Crippen LogP contribution in [-0.4, -0.2) is 20.7 Å². The zero-order valence-corrected chi connectivity index (χ0v) is 14.1. The summed E-state index contributed by atoms with van der Waals surface area (Å²) in [6.45, 7) is 2.06. The Bertz CT molecular complexity index is 796. The number of nitrogens with one attached hydrogen (secondary N) is 1. The second kappa shape index (κ2) is 8.10. The molecule has 3 aromatic rings. The van der Waals surface area contributed by atoms with Gasteiger partial charge in [0.25, 0.3) is 0 Å². The van der Waals surface area contributed by atoms with Crippen LogP contribution in [0.1, 0.15) is 26.2 Å². The fourth-order valence-electron chi connectivity index (χ4n) is 2.28. The Hall–Kier alpha value is -3.15. The number of ether oxygens (including phenoxy) is 1. The van der Waals surface area contributed by atoms with E-state index in [1.54, 1.807) is 30.3 Å². The van der Waals surface area contributed by atoms with Crippen LogP contribution in [0.4, 0.5) is 5.69 Å². The van der Waals surface area contributed by atoms with E-state index in [0.29, 0.717) is 18.1 Å². The van der Waals surface area contributed by atoms with Crippen molar-refractivity contribution in [2.24, 2.45) is 0 Å². The first-order valence-electron chi connectivity index (χ1n) is 8.29. The summed E-state index contributed by atoms with van der Waals surface area (Å²) in [6, 6.07) is 14.6. The van der Waals surface area contributed by atoms with Crippen molar-refractivity contribution in [3.05, 3.63) is 60.9 Å². The lowest BCUT2D eigenvalue weighted by molar-refractivity contribution is -0.116. The van der Waals surface area contributed by atoms with E-state index in [2.05, 4.69) is 22.4 Å². The zero-order valence-electron chi connectivity index (χ0n) is 14.1. The summed E-state index contributed by atoms with van der Waals surface area (Å²) < 4.78 is 7.55. The van der Waals surface area contributed by atoms with Crippen LogP contribution in [-0.2, 0) is 4.79 Å². The van der Waals surface area contributed by atoms with Gasteiger partial charge in [-0.15, -0.1) is 10.2 Å². The van der Waals surface area contributed by atoms with Gasteiger partial charge in [-0.2, -0.15) is 0 Å². The first kappa shape index (κ1) is 16.7. The summed E-state index contributed by atoms with van der Waals surface area (Å²) in [5.41, 5.74) is 0.752. The van der Waals surface area contributed by atoms with E-state index in [4.69, 9.17) is 4.74 Å². The third kappa shape index (κ3) is 4.67. The molecule has 2 heterocycles. The highest BCUT2D eigenvalue weighted by molar-refractivity contribution is 5.90. The van der Waals surface area contributed by atoms with Crippen molar-refractivity contribution in [3.8, 4) is 17.4 Å². The number of rotatable bonds is 7. The topological polar surface area (TPSA) is 69.0 Å². The lowest BCUT2D eigenvalue weighted by atomic mass is 10.2. The Balaban J connectivity index is 1.58. The second-order valence-corrected chi connectivity index (χ2v) is 5.60. The minimum absolute atomic E-state index is 0.0296. The maximum absolute atomic E-state index is 11.7. The van der Waals surface area contributed by atoms with Gasteiger partial charge in [-0.25, -0.2) is 0 Å². The van der Waals surface area contributed by atoms with Gasteiger partial charge in [-0.3, -0.25) is 4.79 Å². The van der Waals surface area contributed by atoms with Crippen LogP contribution in [0.15, 0.2) is 60.9 Å². The smallest absolute Gasteiger partial charge is 0.238 e. The third-order valence-corrected chi connectivity index (χ3v) is 3.61. The van der Waals surface area contributed by atoms with Crippen molar-refractivity contribution in [1.82, 2.24) is 14.8 Å². The number of carbonyl (C=O) groups excluding carboxylic acids is 1. The summed E-state index contributed by atoms with van der Waals surface area (Å²) in [4.78, 5) is 11.7. The molecule has 128 valence electrons. The predicted molar refractivity (Wildman–Crippen MR) is 96.0 cm³/mol. The molecule has 0 unspecified atom stereocenters. The number of hydrogen-bond donors (Lipinski definition) is 1. The summed E-state index contributed by atoms with van der Waals surface area (Å²) in [7, 11) is 0. The van der Waals surface area contributed by atoms with Crippen LogP contribution in [0.3, 0.4) is 0 Å². The monoisotopic (exact) mass is 336 g/mol. The van der Waals surface area contributed by atoms with E-state index in [1.807, 2.05) is 35.2 Å². The molecule has 1 amide bonds. The molecule has 2 aromatic heterocycles. The van der Waals surface area contributed by atoms with E-state index in [0.717, 1.165) is 24.3 Å². The Labute approximate surface area is 146 Å². The molecular formula is C19H20N4O2. The van der Waals surface area contributed by atoms with Crippen LogP contribution in [0, 0.1) is 0 Å². The van der Waals surface area contributed by atoms with Gasteiger partial charge < -0.3 is 14.6 Å². The van der Waals surface area contributed by atoms with Crippen molar-refractivity contribution in [3.63, 3.8) is 0 Å². The average Bonchev–Trinajstić information content (AvgIpc) is 3.17. The number of hydrogen-bond acceptors (Lipinski definition) is 4. The van der Waals surface area contributed by atoms with E-state index in [1.165, 1.54) is 0 Å². The van der Waals surface area contributed by atoms with E-state index in [-0.39, 0.29) is 5.91 Å². The number of aromatic nitrogens is 3. The summed E-state index contributed by atoms with van der Waals surface area (Å²) in [5.74, 6) is 1.80. The first-order chi connectivity index (χ1) is 12.2. The highest BCUT2D eigenvalue weighted by atomic mass is 16.5. The van der Waals surface area contributed by atoms with Crippen LogP contribution in [0.25, 0.3) is 5.82 Å². The van der Waals surface area contributed by atoms with E-state index < -0.39 is 0 Å². The molecule has 0 atom stereocenters. The molecule has 0 saturated carbocycles. The van der Waals surface area contributed by atoms with Gasteiger partial charge in [0.05, 0.1) is 0 Å². The number of carbonyl (C=O) groups is 1. The number of benzene rings is 1. The lowest BCUT2D eigenvalue weighted by Crippen LogP contribution is -2.10. The molecule has 0 aliphatic heterocycles. The minimum Gasteiger partial charge on any atom is -0.438 e. The largest absolute Gasteiger partial charge is 0.438 e. The van der Waals surface area contributed by atoms with Gasteiger partial charge >= 0.3 is 0 Å². The molecule has 3 rings (SSSR count). The zero-order chi connectivity index (χ0) is 17.5. The Kier molecular flexibility index (Phi) is 5.41. The van der Waals surface area contributed by atoms with Crippen LogP contribution in [0.5, 0.6) is 11.6 Å². The van der Waals surface area contributed by atoms with Crippen LogP contribution < -0.4 is 10.1 Å². The molecule has 0 saturated heterocycles. The number of amides is 1. The summed E-state index contributed by atoms with van der Waals surface area (Å²) >= 11 is 0. The minimum atomic E-state index is 0.0296. The van der Waals surface area contributed by atoms with Crippen molar-refractivity contribution >= 4 is 11.6 Å². The van der Waals surface area contributed by atoms with Crippen LogP contribution in [0.2, 0.25) is 0 Å². The van der Waals surface area contributed by atoms with Crippen molar-refractivity contribution < 1.29 is 9.53 Å². The molecule has 0 radical (unpaired) electrons. The Morgan fingerprint density at radius 3 is 2.48 bits per heavy atom. The summed E-state index contributed by atoms with van der Waals surface area (Å²) in [5, 5.41) is 11.1. The standard InChI is InChI=1S/C19H20N4O2/c1-2-3-6-18(24)20-15-7-9-16(10-8-15)25-19-12-11-17(21-22-19)23-13-4-5-14-23/h4-5,7-14H,2-3,6H2,1H3,(H,20,24). The number of nitrogens with zero attached hydrogens (tertiary/aromatic N) is 3. The molecule has 0 bridgehead atoms. The molecule has 0 fully saturated rings. The average molecular weight is 336 g/mol. The van der Waals surface area contributed by atoms with Gasteiger partial charge in [-0.05, 0) is 48.9 Å². The van der Waals surface area contributed by atoms with Gasteiger partial charge in [0.15, 0.2) is 5.82 Å². The molecule has 6 nitrogen and oxygen atoms in total. The first-order valence-corrected chi connectivity index (χ1v) is 8.29. The number of unbranched alkanes of at least 4 members (excludes halogenated alkanes) is 1. The quantitative estimate of drug-likeness (QED) is 0.702. The highest BCUT2D eigenvalue weighted by Crippen LogP contribution is 2.21. The molecule has 1 aromatic carbocycles. The van der Waals surface area contributed by atoms with Gasteiger partial charge in [0.1, 0.15) is 5.75 Å². The van der Waals surface area contributed by atoms with E-state index >= 15 is 0 Å². The van der Waals surface area contributed by atoms with Crippen LogP contribution >= 0.6 is 0 Å². The maximum atomic E-state index is 11.7. The van der Waals surface area contributed by atoms with Crippen molar-refractivity contribution in [1.29, 1.82) is 0 Å². The predicted octanol–water partition coefficient (Wildman–Crippen LogP) is 4.19. The molecule has 0 aliphatic carbocycles. The molecule has 6 heteroatoms. The van der Waals surface area contributed by atoms with Gasteiger partial charge in [0.2, 0.25) is 11.8 Å². The Morgan fingerprint density at radius 1 is 1.08 bits per heavy atom. The highest BCUT2D eigenvalue weighted by Gasteiger charge is 2.04. The van der Waals surface area contributed by atoms with Crippen molar-refractivity contribution in [2.75, 3.05) is 5.32 Å². The molecule has 0 spiro atoms. The number of anilines is 1. The molecular weight excluding hydrogens is 316 g/mol. The lowest BCUT2D eigenvalue weighted by Gasteiger charge is -2.08. The molecule has 1 N–H and O–H groups in total. The summed E-state index contributed by atoms with van der Waals surface area (Å²) in [6.07, 6.45) is 6.24. The fraction of sp³-hybridized carbons (Fsp3) is 0.211.